The number of unbranched alkanes of at least 4 members (excludes halogenated alkanes) is 2. The van der Waals surface area contributed by atoms with Crippen molar-refractivity contribution >= 4 is 23.3 Å². The van der Waals surface area contributed by atoms with Crippen molar-refractivity contribution < 1.29 is 9.59 Å². The molecule has 0 unspecified atom stereocenters. The van der Waals surface area contributed by atoms with Crippen LogP contribution in [0.15, 0.2) is 24.4 Å². The third-order valence-electron chi connectivity index (χ3n) is 2.82. The van der Waals surface area contributed by atoms with Crippen LogP contribution in [0.25, 0.3) is 0 Å². The van der Waals surface area contributed by atoms with Crippen LogP contribution in [0.1, 0.15) is 43.1 Å². The average Bonchev–Trinajstić information content (AvgIpc) is 2.46. The van der Waals surface area contributed by atoms with Crippen molar-refractivity contribution in [2.75, 3.05) is 5.88 Å². The van der Waals surface area contributed by atoms with E-state index in [1.807, 2.05) is 0 Å². The molecular weight excluding hydrogens is 264 g/mol. The SMILES string of the molecule is CCCCC[C@H](NC(=O)c1ccccn1)C(=O)CCl. The van der Waals surface area contributed by atoms with Gasteiger partial charge in [-0.15, -0.1) is 11.6 Å². The summed E-state index contributed by atoms with van der Waals surface area (Å²) in [5.74, 6) is -0.568. The zero-order valence-electron chi connectivity index (χ0n) is 11.1. The van der Waals surface area contributed by atoms with Gasteiger partial charge in [0.05, 0.1) is 11.9 Å². The van der Waals surface area contributed by atoms with Crippen LogP contribution in [0.2, 0.25) is 0 Å². The molecule has 0 fully saturated rings. The molecule has 1 aromatic rings. The summed E-state index contributed by atoms with van der Waals surface area (Å²) in [6.45, 7) is 2.09. The van der Waals surface area contributed by atoms with Crippen molar-refractivity contribution in [3.8, 4) is 0 Å². The summed E-state index contributed by atoms with van der Waals surface area (Å²) < 4.78 is 0. The largest absolute Gasteiger partial charge is 0.341 e. The molecule has 0 bridgehead atoms. The fourth-order valence-corrected chi connectivity index (χ4v) is 1.92. The van der Waals surface area contributed by atoms with Gasteiger partial charge >= 0.3 is 0 Å². The number of alkyl halides is 1. The van der Waals surface area contributed by atoms with Gasteiger partial charge in [0.2, 0.25) is 0 Å². The van der Waals surface area contributed by atoms with Gasteiger partial charge in [-0.3, -0.25) is 14.6 Å². The van der Waals surface area contributed by atoms with E-state index < -0.39 is 6.04 Å². The first-order valence-electron chi connectivity index (χ1n) is 6.49. The summed E-state index contributed by atoms with van der Waals surface area (Å²) in [6.07, 6.45) is 5.16. The maximum Gasteiger partial charge on any atom is 0.270 e. The fourth-order valence-electron chi connectivity index (χ4n) is 1.73. The Balaban J connectivity index is 2.61. The predicted molar refractivity (Wildman–Crippen MR) is 75.4 cm³/mol. The Morgan fingerprint density at radius 2 is 2.16 bits per heavy atom. The lowest BCUT2D eigenvalue weighted by Crippen LogP contribution is -2.41. The lowest BCUT2D eigenvalue weighted by atomic mass is 10.1. The van der Waals surface area contributed by atoms with E-state index in [-0.39, 0.29) is 17.6 Å². The lowest BCUT2D eigenvalue weighted by Gasteiger charge is -2.16. The number of nitrogens with zero attached hydrogens (tertiary/aromatic N) is 1. The minimum atomic E-state index is -0.515. The minimum Gasteiger partial charge on any atom is -0.341 e. The van der Waals surface area contributed by atoms with Crippen LogP contribution in [0.4, 0.5) is 0 Å². The number of ketones is 1. The second kappa shape index (κ2) is 8.64. The Kier molecular flexibility index (Phi) is 7.11. The molecule has 0 aliphatic rings. The Morgan fingerprint density at radius 1 is 1.37 bits per heavy atom. The number of carbonyl (C=O) groups is 2. The molecule has 1 N–H and O–H groups in total. The van der Waals surface area contributed by atoms with E-state index in [0.29, 0.717) is 12.1 Å². The third-order valence-corrected chi connectivity index (χ3v) is 3.08. The van der Waals surface area contributed by atoms with Gasteiger partial charge in [-0.1, -0.05) is 32.3 Å². The first-order chi connectivity index (χ1) is 9.19. The monoisotopic (exact) mass is 282 g/mol. The van der Waals surface area contributed by atoms with Gasteiger partial charge in [-0.25, -0.2) is 0 Å². The molecule has 1 aromatic heterocycles. The highest BCUT2D eigenvalue weighted by atomic mass is 35.5. The van der Waals surface area contributed by atoms with E-state index in [0.717, 1.165) is 19.3 Å². The molecule has 5 heteroatoms. The number of pyridine rings is 1. The smallest absolute Gasteiger partial charge is 0.270 e. The van der Waals surface area contributed by atoms with E-state index in [1.54, 1.807) is 24.4 Å². The van der Waals surface area contributed by atoms with Gasteiger partial charge < -0.3 is 5.32 Å². The maximum atomic E-state index is 11.9. The molecule has 0 radical (unpaired) electrons. The number of amides is 1. The predicted octanol–water partition coefficient (Wildman–Crippen LogP) is 2.57. The number of aromatic nitrogens is 1. The molecule has 0 saturated carbocycles. The lowest BCUT2D eigenvalue weighted by molar-refractivity contribution is -0.118. The summed E-state index contributed by atoms with van der Waals surface area (Å²) in [6, 6.07) is 4.57. The highest BCUT2D eigenvalue weighted by Crippen LogP contribution is 2.06. The number of hydrogen-bond donors (Lipinski definition) is 1. The molecule has 0 aliphatic carbocycles. The van der Waals surface area contributed by atoms with Crippen molar-refractivity contribution in [1.29, 1.82) is 0 Å². The minimum absolute atomic E-state index is 0.0840. The first kappa shape index (κ1) is 15.6. The van der Waals surface area contributed by atoms with Gasteiger partial charge in [0.1, 0.15) is 5.69 Å². The van der Waals surface area contributed by atoms with E-state index in [2.05, 4.69) is 17.2 Å². The zero-order valence-corrected chi connectivity index (χ0v) is 11.8. The van der Waals surface area contributed by atoms with Crippen LogP contribution in [-0.2, 0) is 4.79 Å². The number of rotatable bonds is 8. The van der Waals surface area contributed by atoms with E-state index in [9.17, 15) is 9.59 Å². The van der Waals surface area contributed by atoms with Gasteiger partial charge in [0.25, 0.3) is 5.91 Å². The number of carbonyl (C=O) groups excluding carboxylic acids is 2. The molecule has 1 amide bonds. The molecule has 104 valence electrons. The van der Waals surface area contributed by atoms with Gasteiger partial charge in [0.15, 0.2) is 5.78 Å². The molecule has 1 heterocycles. The van der Waals surface area contributed by atoms with Crippen LogP contribution in [0, 0.1) is 0 Å². The topological polar surface area (TPSA) is 59.1 Å². The van der Waals surface area contributed by atoms with Crippen LogP contribution < -0.4 is 5.32 Å². The number of halogens is 1. The molecule has 4 nitrogen and oxygen atoms in total. The van der Waals surface area contributed by atoms with Crippen molar-refractivity contribution in [1.82, 2.24) is 10.3 Å². The molecule has 0 saturated heterocycles. The number of nitrogens with one attached hydrogen (secondary N) is 1. The fraction of sp³-hybridized carbons (Fsp3) is 0.500. The van der Waals surface area contributed by atoms with Crippen LogP contribution in [0.5, 0.6) is 0 Å². The highest BCUT2D eigenvalue weighted by molar-refractivity contribution is 6.28. The normalized spacial score (nSPS) is 11.9. The molecular formula is C14H19ClN2O2. The van der Waals surface area contributed by atoms with E-state index in [4.69, 9.17) is 11.6 Å². The Morgan fingerprint density at radius 3 is 2.74 bits per heavy atom. The average molecular weight is 283 g/mol. The number of hydrogen-bond acceptors (Lipinski definition) is 3. The Hall–Kier alpha value is -1.42. The van der Waals surface area contributed by atoms with E-state index in [1.165, 1.54) is 0 Å². The molecule has 19 heavy (non-hydrogen) atoms. The summed E-state index contributed by atoms with van der Waals surface area (Å²) in [5, 5.41) is 2.71. The quantitative estimate of drug-likeness (QED) is 0.589. The van der Waals surface area contributed by atoms with Crippen molar-refractivity contribution in [2.45, 2.75) is 38.6 Å². The Labute approximate surface area is 118 Å². The highest BCUT2D eigenvalue weighted by Gasteiger charge is 2.20. The summed E-state index contributed by atoms with van der Waals surface area (Å²) in [5.41, 5.74) is 0.311. The van der Waals surface area contributed by atoms with Crippen molar-refractivity contribution in [3.63, 3.8) is 0 Å². The molecule has 1 atom stereocenters. The van der Waals surface area contributed by atoms with E-state index >= 15 is 0 Å². The molecule has 0 spiro atoms. The van der Waals surface area contributed by atoms with Gasteiger partial charge in [-0.2, -0.15) is 0 Å². The van der Waals surface area contributed by atoms with Crippen molar-refractivity contribution in [2.24, 2.45) is 0 Å². The van der Waals surface area contributed by atoms with Crippen LogP contribution in [0.3, 0.4) is 0 Å². The summed E-state index contributed by atoms with van der Waals surface area (Å²) >= 11 is 5.57. The molecule has 0 aliphatic heterocycles. The molecule has 0 aromatic carbocycles. The second-order valence-corrected chi connectivity index (χ2v) is 4.60. The first-order valence-corrected chi connectivity index (χ1v) is 7.03. The summed E-state index contributed by atoms with van der Waals surface area (Å²) in [7, 11) is 0. The Bertz CT molecular complexity index is 409. The summed E-state index contributed by atoms with van der Waals surface area (Å²) in [4.78, 5) is 27.6. The van der Waals surface area contributed by atoms with Crippen LogP contribution in [-0.4, -0.2) is 28.6 Å². The second-order valence-electron chi connectivity index (χ2n) is 4.34. The van der Waals surface area contributed by atoms with Crippen LogP contribution >= 0.6 is 11.6 Å². The van der Waals surface area contributed by atoms with Gasteiger partial charge in [-0.05, 0) is 18.6 Å². The zero-order chi connectivity index (χ0) is 14.1. The number of Topliss-reactive ketones (excluding diaryl/α,β-unsaturated/α-hetero) is 1. The van der Waals surface area contributed by atoms with Gasteiger partial charge in [0, 0.05) is 6.20 Å². The third kappa shape index (κ3) is 5.39. The maximum absolute atomic E-state index is 11.9. The van der Waals surface area contributed by atoms with Crippen molar-refractivity contribution in [3.05, 3.63) is 30.1 Å². The standard InChI is InChI=1S/C14H19ClN2O2/c1-2-3-4-7-11(13(18)10-15)17-14(19)12-8-5-6-9-16-12/h5-6,8-9,11H,2-4,7,10H2,1H3,(H,17,19)/t11-/m0/s1. The molecule has 1 rings (SSSR count).